The van der Waals surface area contributed by atoms with Gasteiger partial charge in [0.2, 0.25) is 0 Å². The van der Waals surface area contributed by atoms with Gasteiger partial charge in [-0.05, 0) is 48.5 Å². The number of fused-ring (bicyclic) bond motifs is 3. The van der Waals surface area contributed by atoms with E-state index in [4.69, 9.17) is 0 Å². The maximum atomic E-state index is 10.1. The van der Waals surface area contributed by atoms with Crippen LogP contribution in [-0.4, -0.2) is 11.2 Å². The van der Waals surface area contributed by atoms with E-state index in [1.165, 1.54) is 31.3 Å². The summed E-state index contributed by atoms with van der Waals surface area (Å²) in [5, 5.41) is 10.1. The lowest BCUT2D eigenvalue weighted by atomic mass is 9.58. The molecule has 1 nitrogen and oxygen atoms in total. The van der Waals surface area contributed by atoms with Crippen LogP contribution in [0.25, 0.3) is 0 Å². The van der Waals surface area contributed by atoms with Gasteiger partial charge in [-0.15, -0.1) is 0 Å². The first-order valence-corrected chi connectivity index (χ1v) is 5.99. The minimum absolute atomic E-state index is 0.104. The number of hydrogen-bond acceptors (Lipinski definition) is 1. The van der Waals surface area contributed by atoms with E-state index in [1.807, 2.05) is 0 Å². The van der Waals surface area contributed by atoms with Gasteiger partial charge in [0.25, 0.3) is 0 Å². The zero-order valence-electron chi connectivity index (χ0n) is 9.21. The van der Waals surface area contributed by atoms with E-state index in [2.05, 4.69) is 13.8 Å². The summed E-state index contributed by atoms with van der Waals surface area (Å²) in [6.07, 6.45) is 6.26. The van der Waals surface area contributed by atoms with E-state index in [9.17, 15) is 5.11 Å². The molecule has 0 spiro atoms. The van der Waals surface area contributed by atoms with Gasteiger partial charge in [0, 0.05) is 0 Å². The summed E-state index contributed by atoms with van der Waals surface area (Å²) in [7, 11) is 0. The maximum Gasteiger partial charge on any atom is 0.0761 e. The maximum absolute atomic E-state index is 10.1. The SMILES string of the molecule is CC1(C)CC2=C(C(O)C1)C1CCCC21. The molecule has 3 aliphatic rings. The number of aliphatic hydroxyl groups excluding tert-OH is 1. The van der Waals surface area contributed by atoms with Gasteiger partial charge in [-0.2, -0.15) is 0 Å². The van der Waals surface area contributed by atoms with Crippen molar-refractivity contribution in [3.05, 3.63) is 11.1 Å². The Morgan fingerprint density at radius 1 is 1.21 bits per heavy atom. The van der Waals surface area contributed by atoms with Gasteiger partial charge < -0.3 is 5.11 Å². The van der Waals surface area contributed by atoms with Crippen LogP contribution in [0.1, 0.15) is 46.0 Å². The largest absolute Gasteiger partial charge is 0.389 e. The molecule has 0 radical (unpaired) electrons. The Morgan fingerprint density at radius 2 is 1.93 bits per heavy atom. The fourth-order valence-electron chi connectivity index (χ4n) is 4.02. The molecule has 0 bridgehead atoms. The van der Waals surface area contributed by atoms with Crippen molar-refractivity contribution in [3.8, 4) is 0 Å². The second kappa shape index (κ2) is 2.63. The molecule has 0 saturated heterocycles. The molecule has 3 unspecified atom stereocenters. The first-order valence-electron chi connectivity index (χ1n) is 5.99. The first-order chi connectivity index (χ1) is 6.58. The fourth-order valence-corrected chi connectivity index (χ4v) is 4.02. The second-order valence-corrected chi connectivity index (χ2v) is 6.19. The molecule has 1 N–H and O–H groups in total. The van der Waals surface area contributed by atoms with E-state index in [-0.39, 0.29) is 6.10 Å². The van der Waals surface area contributed by atoms with Crippen LogP contribution >= 0.6 is 0 Å². The van der Waals surface area contributed by atoms with Gasteiger partial charge in [0.1, 0.15) is 0 Å². The summed E-state index contributed by atoms with van der Waals surface area (Å²) in [5.74, 6) is 1.66. The summed E-state index contributed by atoms with van der Waals surface area (Å²) in [6.45, 7) is 4.59. The molecule has 0 aliphatic heterocycles. The van der Waals surface area contributed by atoms with Crippen LogP contribution in [0.2, 0.25) is 0 Å². The number of rotatable bonds is 0. The van der Waals surface area contributed by atoms with Gasteiger partial charge in [0.15, 0.2) is 0 Å². The summed E-state index contributed by atoms with van der Waals surface area (Å²) >= 11 is 0. The highest BCUT2D eigenvalue weighted by Crippen LogP contribution is 2.59. The molecule has 1 heteroatoms. The van der Waals surface area contributed by atoms with E-state index in [1.54, 1.807) is 5.57 Å². The third kappa shape index (κ3) is 1.05. The van der Waals surface area contributed by atoms with Crippen molar-refractivity contribution >= 4 is 0 Å². The van der Waals surface area contributed by atoms with Crippen LogP contribution in [0.3, 0.4) is 0 Å². The molecule has 78 valence electrons. The summed E-state index contributed by atoms with van der Waals surface area (Å²) in [4.78, 5) is 0. The smallest absolute Gasteiger partial charge is 0.0761 e. The molecule has 3 atom stereocenters. The summed E-state index contributed by atoms with van der Waals surface area (Å²) in [5.41, 5.74) is 3.45. The van der Waals surface area contributed by atoms with Crippen molar-refractivity contribution in [2.75, 3.05) is 0 Å². The quantitative estimate of drug-likeness (QED) is 0.585. The lowest BCUT2D eigenvalue weighted by Gasteiger charge is -2.49. The molecule has 1 saturated carbocycles. The monoisotopic (exact) mass is 192 g/mol. The third-order valence-corrected chi connectivity index (χ3v) is 4.51. The van der Waals surface area contributed by atoms with E-state index < -0.39 is 0 Å². The molecule has 0 aromatic heterocycles. The van der Waals surface area contributed by atoms with Crippen molar-refractivity contribution in [3.63, 3.8) is 0 Å². The van der Waals surface area contributed by atoms with Crippen LogP contribution in [-0.2, 0) is 0 Å². The highest BCUT2D eigenvalue weighted by molar-refractivity contribution is 5.39. The molecule has 3 rings (SSSR count). The predicted octanol–water partition coefficient (Wildman–Crippen LogP) is 2.89. The van der Waals surface area contributed by atoms with Crippen LogP contribution in [0.4, 0.5) is 0 Å². The number of allylic oxidation sites excluding steroid dienone is 1. The van der Waals surface area contributed by atoms with Gasteiger partial charge in [-0.25, -0.2) is 0 Å². The number of hydrogen-bond donors (Lipinski definition) is 1. The van der Waals surface area contributed by atoms with Gasteiger partial charge in [-0.3, -0.25) is 0 Å². The van der Waals surface area contributed by atoms with Gasteiger partial charge in [-0.1, -0.05) is 25.8 Å². The Morgan fingerprint density at radius 3 is 2.71 bits per heavy atom. The lowest BCUT2D eigenvalue weighted by molar-refractivity contribution is 0.0891. The Bertz CT molecular complexity index is 300. The van der Waals surface area contributed by atoms with Crippen molar-refractivity contribution in [1.29, 1.82) is 0 Å². The van der Waals surface area contributed by atoms with Crippen molar-refractivity contribution < 1.29 is 5.11 Å². The molecule has 14 heavy (non-hydrogen) atoms. The molecular weight excluding hydrogens is 172 g/mol. The molecule has 0 aromatic rings. The van der Waals surface area contributed by atoms with Crippen LogP contribution < -0.4 is 0 Å². The third-order valence-electron chi connectivity index (χ3n) is 4.51. The zero-order chi connectivity index (χ0) is 9.92. The van der Waals surface area contributed by atoms with Gasteiger partial charge in [0.05, 0.1) is 6.10 Å². The average molecular weight is 192 g/mol. The van der Waals surface area contributed by atoms with E-state index >= 15 is 0 Å². The van der Waals surface area contributed by atoms with Gasteiger partial charge >= 0.3 is 0 Å². The topological polar surface area (TPSA) is 20.2 Å². The van der Waals surface area contributed by atoms with Crippen LogP contribution in [0.15, 0.2) is 11.1 Å². The van der Waals surface area contributed by atoms with Crippen LogP contribution in [0.5, 0.6) is 0 Å². The normalized spacial score (nSPS) is 44.4. The minimum atomic E-state index is -0.104. The summed E-state index contributed by atoms with van der Waals surface area (Å²) < 4.78 is 0. The molecule has 0 aromatic carbocycles. The van der Waals surface area contributed by atoms with E-state index in [0.29, 0.717) is 5.41 Å². The summed E-state index contributed by atoms with van der Waals surface area (Å²) in [6, 6.07) is 0. The standard InChI is InChI=1S/C13H20O/c1-13(2)6-10-8-4-3-5-9(8)12(10)11(14)7-13/h8-9,11,14H,3-7H2,1-2H3. The van der Waals surface area contributed by atoms with Crippen LogP contribution in [0, 0.1) is 17.3 Å². The molecule has 0 heterocycles. The average Bonchev–Trinajstić information content (AvgIpc) is 2.42. The Kier molecular flexibility index (Phi) is 1.69. The Hall–Kier alpha value is -0.300. The molecule has 0 amide bonds. The highest BCUT2D eigenvalue weighted by Gasteiger charge is 2.49. The lowest BCUT2D eigenvalue weighted by Crippen LogP contribution is -2.41. The second-order valence-electron chi connectivity index (χ2n) is 6.19. The Balaban J connectivity index is 1.94. The molecule has 1 fully saturated rings. The number of aliphatic hydroxyl groups is 1. The first kappa shape index (κ1) is 8.96. The van der Waals surface area contributed by atoms with Crippen molar-refractivity contribution in [2.24, 2.45) is 17.3 Å². The highest BCUT2D eigenvalue weighted by atomic mass is 16.3. The minimum Gasteiger partial charge on any atom is -0.389 e. The predicted molar refractivity (Wildman–Crippen MR) is 56.9 cm³/mol. The molecule has 3 aliphatic carbocycles. The van der Waals surface area contributed by atoms with E-state index in [0.717, 1.165) is 18.3 Å². The zero-order valence-corrected chi connectivity index (χ0v) is 9.21. The Labute approximate surface area is 86.2 Å². The van der Waals surface area contributed by atoms with Crippen molar-refractivity contribution in [1.82, 2.24) is 0 Å². The molecular formula is C13H20O. The fraction of sp³-hybridized carbons (Fsp3) is 0.846. The van der Waals surface area contributed by atoms with Crippen molar-refractivity contribution in [2.45, 2.75) is 52.1 Å².